The average Bonchev–Trinajstić information content (AvgIpc) is 2.47. The predicted octanol–water partition coefficient (Wildman–Crippen LogP) is 0.217. The molecule has 16 heavy (non-hydrogen) atoms. The topological polar surface area (TPSA) is 58.6 Å². The van der Waals surface area contributed by atoms with Crippen LogP contribution in [0.2, 0.25) is 0 Å². The standard InChI is InChI=1S/C8H11F3N2O3/c1-2-6(14)12-5-3-16-13(7(5)15)4-8(9,10)11/h5H,2-4H2,1H3,(H,12,14)/t5-/m1/s1. The summed E-state index contributed by atoms with van der Waals surface area (Å²) in [6.45, 7) is -0.159. The van der Waals surface area contributed by atoms with E-state index in [1.165, 1.54) is 0 Å². The molecule has 0 unspecified atom stereocenters. The van der Waals surface area contributed by atoms with Gasteiger partial charge in [-0.1, -0.05) is 6.92 Å². The van der Waals surface area contributed by atoms with E-state index in [1.807, 2.05) is 0 Å². The molecule has 0 aromatic carbocycles. The number of halogens is 3. The van der Waals surface area contributed by atoms with Gasteiger partial charge in [0, 0.05) is 6.42 Å². The second-order valence-electron chi connectivity index (χ2n) is 3.26. The maximum atomic E-state index is 12.0. The maximum Gasteiger partial charge on any atom is 0.408 e. The number of alkyl halides is 3. The van der Waals surface area contributed by atoms with Crippen molar-refractivity contribution in [2.24, 2.45) is 0 Å². The summed E-state index contributed by atoms with van der Waals surface area (Å²) < 4.78 is 35.9. The normalized spacial score (nSPS) is 21.4. The van der Waals surface area contributed by atoms with Crippen molar-refractivity contribution >= 4 is 11.8 Å². The minimum atomic E-state index is -4.51. The van der Waals surface area contributed by atoms with Crippen molar-refractivity contribution in [1.82, 2.24) is 10.4 Å². The average molecular weight is 240 g/mol. The first kappa shape index (κ1) is 12.8. The highest BCUT2D eigenvalue weighted by atomic mass is 19.4. The summed E-state index contributed by atoms with van der Waals surface area (Å²) in [5.41, 5.74) is 0. The SMILES string of the molecule is CCC(=O)N[C@@H]1CON(CC(F)(F)F)C1=O. The number of carbonyl (C=O) groups excluding carboxylic acids is 2. The smallest absolute Gasteiger partial charge is 0.342 e. The molecule has 0 saturated carbocycles. The summed E-state index contributed by atoms with van der Waals surface area (Å²) in [6, 6.07) is -1.02. The Bertz CT molecular complexity index is 293. The van der Waals surface area contributed by atoms with Gasteiger partial charge in [-0.25, -0.2) is 5.06 Å². The van der Waals surface area contributed by atoms with E-state index in [4.69, 9.17) is 0 Å². The molecule has 1 aliphatic rings. The molecule has 2 amide bonds. The van der Waals surface area contributed by atoms with Crippen molar-refractivity contribution in [3.63, 3.8) is 0 Å². The summed E-state index contributed by atoms with van der Waals surface area (Å²) in [6.07, 6.45) is -4.36. The van der Waals surface area contributed by atoms with Crippen molar-refractivity contribution in [3.8, 4) is 0 Å². The van der Waals surface area contributed by atoms with Gasteiger partial charge in [0.2, 0.25) is 5.91 Å². The van der Waals surface area contributed by atoms with E-state index in [2.05, 4.69) is 10.2 Å². The van der Waals surface area contributed by atoms with Crippen LogP contribution in [0.4, 0.5) is 13.2 Å². The number of hydrogen-bond acceptors (Lipinski definition) is 3. The molecule has 5 nitrogen and oxygen atoms in total. The molecule has 1 N–H and O–H groups in total. The van der Waals surface area contributed by atoms with Crippen LogP contribution in [0.5, 0.6) is 0 Å². The fourth-order valence-corrected chi connectivity index (χ4v) is 1.16. The van der Waals surface area contributed by atoms with Crippen LogP contribution in [0, 0.1) is 0 Å². The van der Waals surface area contributed by atoms with Gasteiger partial charge in [0.25, 0.3) is 5.91 Å². The molecule has 1 heterocycles. The molecular weight excluding hydrogens is 229 g/mol. The highest BCUT2D eigenvalue weighted by molar-refractivity contribution is 5.88. The summed E-state index contributed by atoms with van der Waals surface area (Å²) in [7, 11) is 0. The zero-order chi connectivity index (χ0) is 12.3. The molecule has 8 heteroatoms. The second kappa shape index (κ2) is 4.69. The number of nitrogens with zero attached hydrogens (tertiary/aromatic N) is 1. The predicted molar refractivity (Wildman–Crippen MR) is 45.9 cm³/mol. The number of hydrogen-bond donors (Lipinski definition) is 1. The van der Waals surface area contributed by atoms with Gasteiger partial charge in [-0.15, -0.1) is 0 Å². The molecule has 92 valence electrons. The van der Waals surface area contributed by atoms with E-state index in [0.717, 1.165) is 0 Å². The molecule has 0 radical (unpaired) electrons. The Morgan fingerprint density at radius 1 is 1.62 bits per heavy atom. The Hall–Kier alpha value is -1.31. The fourth-order valence-electron chi connectivity index (χ4n) is 1.16. The Balaban J connectivity index is 2.51. The fraction of sp³-hybridized carbons (Fsp3) is 0.750. The third-order valence-electron chi connectivity index (χ3n) is 1.92. The first-order valence-corrected chi connectivity index (χ1v) is 4.64. The van der Waals surface area contributed by atoms with Crippen LogP contribution in [0.15, 0.2) is 0 Å². The maximum absolute atomic E-state index is 12.0. The highest BCUT2D eigenvalue weighted by Gasteiger charge is 2.41. The van der Waals surface area contributed by atoms with Gasteiger partial charge in [-0.2, -0.15) is 13.2 Å². The Morgan fingerprint density at radius 2 is 2.25 bits per heavy atom. The minimum absolute atomic E-state index is 0.156. The van der Waals surface area contributed by atoms with Crippen LogP contribution in [-0.4, -0.2) is 42.2 Å². The highest BCUT2D eigenvalue weighted by Crippen LogP contribution is 2.19. The summed E-state index contributed by atoms with van der Waals surface area (Å²) in [5, 5.41) is 2.49. The Morgan fingerprint density at radius 3 is 2.75 bits per heavy atom. The lowest BCUT2D eigenvalue weighted by atomic mass is 10.3. The van der Waals surface area contributed by atoms with Gasteiger partial charge in [0.15, 0.2) is 0 Å². The van der Waals surface area contributed by atoms with Gasteiger partial charge < -0.3 is 5.32 Å². The Kier molecular flexibility index (Phi) is 3.74. The lowest BCUT2D eigenvalue weighted by molar-refractivity contribution is -0.214. The number of hydroxylamine groups is 2. The van der Waals surface area contributed by atoms with E-state index in [0.29, 0.717) is 0 Å². The monoisotopic (exact) mass is 240 g/mol. The molecule has 0 aliphatic carbocycles. The molecule has 1 saturated heterocycles. The van der Waals surface area contributed by atoms with Gasteiger partial charge in [0.05, 0.1) is 0 Å². The van der Waals surface area contributed by atoms with E-state index >= 15 is 0 Å². The van der Waals surface area contributed by atoms with Gasteiger partial charge in [0.1, 0.15) is 19.2 Å². The summed E-state index contributed by atoms with van der Waals surface area (Å²) >= 11 is 0. The third-order valence-corrected chi connectivity index (χ3v) is 1.92. The van der Waals surface area contributed by atoms with Crippen LogP contribution in [0.3, 0.4) is 0 Å². The zero-order valence-corrected chi connectivity index (χ0v) is 8.50. The first-order chi connectivity index (χ1) is 7.33. The number of amides is 2. The summed E-state index contributed by atoms with van der Waals surface area (Å²) in [4.78, 5) is 26.8. The van der Waals surface area contributed by atoms with Crippen LogP contribution < -0.4 is 5.32 Å². The van der Waals surface area contributed by atoms with E-state index in [9.17, 15) is 22.8 Å². The van der Waals surface area contributed by atoms with Crippen molar-refractivity contribution in [2.45, 2.75) is 25.6 Å². The number of carbonyl (C=O) groups is 2. The largest absolute Gasteiger partial charge is 0.408 e. The number of nitrogens with one attached hydrogen (secondary N) is 1. The zero-order valence-electron chi connectivity index (χ0n) is 8.50. The van der Waals surface area contributed by atoms with Crippen molar-refractivity contribution < 1.29 is 27.6 Å². The van der Waals surface area contributed by atoms with Gasteiger partial charge >= 0.3 is 6.18 Å². The van der Waals surface area contributed by atoms with Gasteiger partial charge in [-0.05, 0) is 0 Å². The number of rotatable bonds is 3. The molecule has 1 aliphatic heterocycles. The molecular formula is C8H11F3N2O3. The van der Waals surface area contributed by atoms with Gasteiger partial charge in [-0.3, -0.25) is 14.4 Å². The Labute approximate surface area is 89.5 Å². The third kappa shape index (κ3) is 3.37. The molecule has 0 spiro atoms. The van der Waals surface area contributed by atoms with E-state index < -0.39 is 30.6 Å². The lowest BCUT2D eigenvalue weighted by Crippen LogP contribution is -2.44. The molecule has 0 bridgehead atoms. The van der Waals surface area contributed by atoms with Crippen molar-refractivity contribution in [3.05, 3.63) is 0 Å². The van der Waals surface area contributed by atoms with Crippen molar-refractivity contribution in [2.75, 3.05) is 13.2 Å². The minimum Gasteiger partial charge on any atom is -0.342 e. The molecule has 1 rings (SSSR count). The van der Waals surface area contributed by atoms with Crippen molar-refractivity contribution in [1.29, 1.82) is 0 Å². The molecule has 0 aromatic rings. The first-order valence-electron chi connectivity index (χ1n) is 4.64. The summed E-state index contributed by atoms with van der Waals surface area (Å²) in [5.74, 6) is -1.28. The lowest BCUT2D eigenvalue weighted by Gasteiger charge is -2.16. The second-order valence-corrected chi connectivity index (χ2v) is 3.26. The van der Waals surface area contributed by atoms with E-state index in [1.54, 1.807) is 6.92 Å². The van der Waals surface area contributed by atoms with Crippen LogP contribution >= 0.6 is 0 Å². The van der Waals surface area contributed by atoms with Crippen LogP contribution in [0.25, 0.3) is 0 Å². The quantitative estimate of drug-likeness (QED) is 0.767. The van der Waals surface area contributed by atoms with E-state index in [-0.39, 0.29) is 18.1 Å². The molecule has 0 aromatic heterocycles. The molecule has 1 fully saturated rings. The van der Waals surface area contributed by atoms with Crippen LogP contribution in [-0.2, 0) is 14.4 Å². The van der Waals surface area contributed by atoms with Crippen LogP contribution in [0.1, 0.15) is 13.3 Å². The molecule has 1 atom stereocenters.